The van der Waals surface area contributed by atoms with E-state index in [-0.39, 0.29) is 24.4 Å². The lowest BCUT2D eigenvalue weighted by Crippen LogP contribution is -2.33. The Morgan fingerprint density at radius 2 is 2.32 bits per heavy atom. The highest BCUT2D eigenvalue weighted by Crippen LogP contribution is 2.25. The van der Waals surface area contributed by atoms with Gasteiger partial charge in [-0.1, -0.05) is 27.5 Å². The van der Waals surface area contributed by atoms with E-state index in [4.69, 9.17) is 17.3 Å². The predicted octanol–water partition coefficient (Wildman–Crippen LogP) is 2.50. The van der Waals surface area contributed by atoms with Gasteiger partial charge in [0.2, 0.25) is 5.91 Å². The summed E-state index contributed by atoms with van der Waals surface area (Å²) in [7, 11) is 0. The third-order valence-corrected chi connectivity index (χ3v) is 3.69. The summed E-state index contributed by atoms with van der Waals surface area (Å²) < 4.78 is 0.885. The molecule has 1 aliphatic rings. The number of benzene rings is 1. The average molecular weight is 369 g/mol. The third kappa shape index (κ3) is 4.93. The number of hydrogen-bond acceptors (Lipinski definition) is 3. The maximum absolute atomic E-state index is 11.8. The molecule has 1 aliphatic heterocycles. The standard InChI is InChI=1S/C12H15BrClN3O.ClH/c13-8-1-2-11(10(14)5-8)16-12(18)7-17-4-3-9(15)6-17;/h1-2,5,9H,3-4,6-7,15H2,(H,16,18);1H/t9-;/m1./s1. The second kappa shape index (κ2) is 7.45. The largest absolute Gasteiger partial charge is 0.326 e. The van der Waals surface area contributed by atoms with Crippen LogP contribution in [0.15, 0.2) is 22.7 Å². The Kier molecular flexibility index (Phi) is 6.56. The van der Waals surface area contributed by atoms with Crippen molar-refractivity contribution in [2.24, 2.45) is 5.73 Å². The Morgan fingerprint density at radius 3 is 2.89 bits per heavy atom. The molecule has 106 valence electrons. The van der Waals surface area contributed by atoms with Gasteiger partial charge in [-0.05, 0) is 24.6 Å². The summed E-state index contributed by atoms with van der Waals surface area (Å²) in [6.45, 7) is 2.02. The summed E-state index contributed by atoms with van der Waals surface area (Å²) >= 11 is 9.36. The highest BCUT2D eigenvalue weighted by molar-refractivity contribution is 9.10. The van der Waals surface area contributed by atoms with E-state index in [9.17, 15) is 4.79 Å². The fourth-order valence-corrected chi connectivity index (χ4v) is 2.71. The van der Waals surface area contributed by atoms with E-state index >= 15 is 0 Å². The minimum atomic E-state index is -0.0617. The molecule has 1 aromatic carbocycles. The molecule has 19 heavy (non-hydrogen) atoms. The fraction of sp³-hybridized carbons (Fsp3) is 0.417. The zero-order chi connectivity index (χ0) is 13.1. The number of rotatable bonds is 3. The van der Waals surface area contributed by atoms with Crippen LogP contribution in [-0.2, 0) is 4.79 Å². The third-order valence-electron chi connectivity index (χ3n) is 2.88. The zero-order valence-corrected chi connectivity index (χ0v) is 13.4. The number of halogens is 3. The molecule has 4 nitrogen and oxygen atoms in total. The first-order valence-electron chi connectivity index (χ1n) is 5.77. The molecule has 1 fully saturated rings. The molecule has 0 radical (unpaired) electrons. The van der Waals surface area contributed by atoms with E-state index in [0.717, 1.165) is 24.0 Å². The van der Waals surface area contributed by atoms with Crippen molar-refractivity contribution >= 4 is 51.5 Å². The van der Waals surface area contributed by atoms with Crippen LogP contribution >= 0.6 is 39.9 Å². The van der Waals surface area contributed by atoms with Gasteiger partial charge in [-0.3, -0.25) is 9.69 Å². The minimum absolute atomic E-state index is 0. The van der Waals surface area contributed by atoms with Crippen molar-refractivity contribution in [1.82, 2.24) is 4.90 Å². The van der Waals surface area contributed by atoms with Crippen molar-refractivity contribution in [2.45, 2.75) is 12.5 Å². The maximum atomic E-state index is 11.8. The number of anilines is 1. The Balaban J connectivity index is 0.00000180. The molecule has 1 heterocycles. The highest BCUT2D eigenvalue weighted by Gasteiger charge is 2.21. The fourth-order valence-electron chi connectivity index (χ4n) is 1.99. The first-order valence-corrected chi connectivity index (χ1v) is 6.94. The van der Waals surface area contributed by atoms with Crippen molar-refractivity contribution in [3.63, 3.8) is 0 Å². The number of hydrogen-bond donors (Lipinski definition) is 2. The van der Waals surface area contributed by atoms with Crippen LogP contribution in [0.5, 0.6) is 0 Å². The van der Waals surface area contributed by atoms with Gasteiger partial charge in [-0.25, -0.2) is 0 Å². The van der Waals surface area contributed by atoms with Crippen molar-refractivity contribution in [2.75, 3.05) is 25.0 Å². The molecule has 0 unspecified atom stereocenters. The van der Waals surface area contributed by atoms with Crippen LogP contribution in [0.2, 0.25) is 5.02 Å². The van der Waals surface area contributed by atoms with Crippen LogP contribution < -0.4 is 11.1 Å². The predicted molar refractivity (Wildman–Crippen MR) is 84.1 cm³/mol. The molecular weight excluding hydrogens is 353 g/mol. The summed E-state index contributed by atoms with van der Waals surface area (Å²) in [6.07, 6.45) is 0.951. The number of nitrogens with two attached hydrogens (primary N) is 1. The normalized spacial score (nSPS) is 19.0. The van der Waals surface area contributed by atoms with Crippen LogP contribution in [0, 0.1) is 0 Å². The number of carbonyl (C=O) groups is 1. The van der Waals surface area contributed by atoms with Crippen molar-refractivity contribution in [3.8, 4) is 0 Å². The Hall–Kier alpha value is -0.330. The van der Waals surface area contributed by atoms with Gasteiger partial charge < -0.3 is 11.1 Å². The van der Waals surface area contributed by atoms with Crippen LogP contribution in [-0.4, -0.2) is 36.5 Å². The van der Waals surface area contributed by atoms with Gasteiger partial charge >= 0.3 is 0 Å². The molecule has 1 amide bonds. The Morgan fingerprint density at radius 1 is 1.58 bits per heavy atom. The number of likely N-dealkylation sites (tertiary alicyclic amines) is 1. The summed E-state index contributed by atoms with van der Waals surface area (Å²) in [5.41, 5.74) is 6.43. The van der Waals surface area contributed by atoms with Crippen molar-refractivity contribution in [3.05, 3.63) is 27.7 Å². The van der Waals surface area contributed by atoms with Gasteiger partial charge in [0.15, 0.2) is 0 Å². The van der Waals surface area contributed by atoms with Crippen LogP contribution in [0.3, 0.4) is 0 Å². The monoisotopic (exact) mass is 367 g/mol. The zero-order valence-electron chi connectivity index (χ0n) is 10.2. The summed E-state index contributed by atoms with van der Waals surface area (Å²) in [6, 6.07) is 5.56. The van der Waals surface area contributed by atoms with Gasteiger partial charge in [-0.2, -0.15) is 0 Å². The van der Waals surface area contributed by atoms with Crippen LogP contribution in [0.4, 0.5) is 5.69 Å². The molecule has 1 saturated heterocycles. The van der Waals surface area contributed by atoms with Crippen LogP contribution in [0.1, 0.15) is 6.42 Å². The molecular formula is C12H16BrCl2N3O. The van der Waals surface area contributed by atoms with E-state index < -0.39 is 0 Å². The van der Waals surface area contributed by atoms with Crippen LogP contribution in [0.25, 0.3) is 0 Å². The first kappa shape index (κ1) is 16.7. The lowest BCUT2D eigenvalue weighted by molar-refractivity contribution is -0.117. The van der Waals surface area contributed by atoms with Gasteiger partial charge in [0, 0.05) is 23.6 Å². The topological polar surface area (TPSA) is 58.4 Å². The second-order valence-corrected chi connectivity index (χ2v) is 5.78. The molecule has 7 heteroatoms. The van der Waals surface area contributed by atoms with Gasteiger partial charge in [0.05, 0.1) is 17.3 Å². The van der Waals surface area contributed by atoms with E-state index in [2.05, 4.69) is 21.2 Å². The number of nitrogens with one attached hydrogen (secondary N) is 1. The first-order chi connectivity index (χ1) is 8.54. The van der Waals surface area contributed by atoms with Crippen molar-refractivity contribution < 1.29 is 4.79 Å². The molecule has 0 spiro atoms. The second-order valence-electron chi connectivity index (χ2n) is 4.46. The molecule has 2 rings (SSSR count). The van der Waals surface area contributed by atoms with E-state index in [1.807, 2.05) is 11.0 Å². The molecule has 3 N–H and O–H groups in total. The number of amides is 1. The Bertz CT molecular complexity index is 459. The molecule has 0 aliphatic carbocycles. The number of carbonyl (C=O) groups excluding carboxylic acids is 1. The van der Waals surface area contributed by atoms with E-state index in [1.54, 1.807) is 12.1 Å². The molecule has 0 bridgehead atoms. The maximum Gasteiger partial charge on any atom is 0.238 e. The summed E-state index contributed by atoms with van der Waals surface area (Å²) in [4.78, 5) is 13.9. The lowest BCUT2D eigenvalue weighted by Gasteiger charge is -2.15. The number of nitrogens with zero attached hydrogens (tertiary/aromatic N) is 1. The minimum Gasteiger partial charge on any atom is -0.326 e. The van der Waals surface area contributed by atoms with E-state index in [0.29, 0.717) is 17.3 Å². The van der Waals surface area contributed by atoms with E-state index in [1.165, 1.54) is 0 Å². The average Bonchev–Trinajstić information content (AvgIpc) is 2.68. The van der Waals surface area contributed by atoms with Gasteiger partial charge in [0.1, 0.15) is 0 Å². The summed E-state index contributed by atoms with van der Waals surface area (Å²) in [5.74, 6) is -0.0617. The van der Waals surface area contributed by atoms with Crippen molar-refractivity contribution in [1.29, 1.82) is 0 Å². The summed E-state index contributed by atoms with van der Waals surface area (Å²) in [5, 5.41) is 3.33. The van der Waals surface area contributed by atoms with Gasteiger partial charge in [0.25, 0.3) is 0 Å². The quantitative estimate of drug-likeness (QED) is 0.861. The van der Waals surface area contributed by atoms with Gasteiger partial charge in [-0.15, -0.1) is 12.4 Å². The lowest BCUT2D eigenvalue weighted by atomic mass is 10.3. The molecule has 0 aromatic heterocycles. The highest BCUT2D eigenvalue weighted by atomic mass is 79.9. The molecule has 1 aromatic rings. The SMILES string of the molecule is Cl.N[C@@H]1CCN(CC(=O)Nc2ccc(Br)cc2Cl)C1. The smallest absolute Gasteiger partial charge is 0.238 e. The Labute approximate surface area is 132 Å². The molecule has 1 atom stereocenters. The molecule has 0 saturated carbocycles.